The number of aryl methyl sites for hydroxylation is 2. The van der Waals surface area contributed by atoms with E-state index in [0.29, 0.717) is 15.6 Å². The Balaban J connectivity index is 1.61. The van der Waals surface area contributed by atoms with Gasteiger partial charge in [-0.15, -0.1) is 0 Å². The molecule has 1 heterocycles. The van der Waals surface area contributed by atoms with E-state index in [1.807, 2.05) is 24.3 Å². The van der Waals surface area contributed by atoms with Gasteiger partial charge in [0.05, 0.1) is 10.6 Å². The summed E-state index contributed by atoms with van der Waals surface area (Å²) in [5.74, 6) is -0.445. The molecule has 0 bridgehead atoms. The number of nitrogens with one attached hydrogen (secondary N) is 1. The van der Waals surface area contributed by atoms with E-state index < -0.39 is 5.97 Å². The zero-order valence-corrected chi connectivity index (χ0v) is 15.1. The minimum absolute atomic E-state index is 0.119. The lowest BCUT2D eigenvalue weighted by Crippen LogP contribution is -2.06. The summed E-state index contributed by atoms with van der Waals surface area (Å²) in [4.78, 5) is 15.9. The van der Waals surface area contributed by atoms with Crippen molar-refractivity contribution >= 4 is 40.1 Å². The molecule has 0 atom stereocenters. The van der Waals surface area contributed by atoms with Gasteiger partial charge >= 0.3 is 5.97 Å². The Bertz CT molecular complexity index is 962. The molecule has 1 aromatic heterocycles. The number of halogens is 2. The second kappa shape index (κ2) is 6.74. The van der Waals surface area contributed by atoms with Gasteiger partial charge in [0.1, 0.15) is 6.61 Å². The van der Waals surface area contributed by atoms with Gasteiger partial charge in [0, 0.05) is 27.2 Å². The van der Waals surface area contributed by atoms with Crippen LogP contribution in [0.25, 0.3) is 10.9 Å². The lowest BCUT2D eigenvalue weighted by Gasteiger charge is -2.10. The maximum atomic E-state index is 12.5. The van der Waals surface area contributed by atoms with Gasteiger partial charge in [-0.1, -0.05) is 41.4 Å². The van der Waals surface area contributed by atoms with Crippen molar-refractivity contribution in [3.63, 3.8) is 0 Å². The molecule has 0 spiro atoms. The molecule has 1 N–H and O–H groups in total. The maximum absolute atomic E-state index is 12.5. The summed E-state index contributed by atoms with van der Waals surface area (Å²) < 4.78 is 5.41. The average molecular weight is 374 g/mol. The van der Waals surface area contributed by atoms with E-state index in [0.717, 1.165) is 29.3 Å². The number of aromatic nitrogens is 1. The fourth-order valence-corrected chi connectivity index (χ4v) is 3.85. The van der Waals surface area contributed by atoms with Crippen molar-refractivity contribution in [3.8, 4) is 0 Å². The molecule has 0 radical (unpaired) electrons. The highest BCUT2D eigenvalue weighted by atomic mass is 35.5. The molecule has 25 heavy (non-hydrogen) atoms. The first-order valence-electron chi connectivity index (χ1n) is 8.37. The molecule has 1 aliphatic rings. The minimum Gasteiger partial charge on any atom is -0.457 e. The average Bonchev–Trinajstić information content (AvgIpc) is 2.98. The van der Waals surface area contributed by atoms with Crippen molar-refractivity contribution in [1.29, 1.82) is 0 Å². The van der Waals surface area contributed by atoms with E-state index in [1.165, 1.54) is 24.1 Å². The van der Waals surface area contributed by atoms with Crippen LogP contribution in [0.3, 0.4) is 0 Å². The summed E-state index contributed by atoms with van der Waals surface area (Å²) in [5, 5.41) is 2.11. The van der Waals surface area contributed by atoms with Crippen molar-refractivity contribution < 1.29 is 9.53 Å². The summed E-state index contributed by atoms with van der Waals surface area (Å²) in [7, 11) is 0. The number of rotatable bonds is 3. The minimum atomic E-state index is -0.445. The van der Waals surface area contributed by atoms with Crippen LogP contribution in [0.2, 0.25) is 10.0 Å². The number of esters is 1. The third kappa shape index (κ3) is 3.14. The highest BCUT2D eigenvalue weighted by Crippen LogP contribution is 2.33. The standard InChI is InChI=1S/C20H17Cl2NO2/c21-16-7-3-1-5-12(16)11-25-20(24)15-10-19-14(9-17(15)22)13-6-2-4-8-18(13)23-19/h1,3,5,7,9-10,23H,2,4,6,8,11H2. The molecule has 128 valence electrons. The number of carbonyl (C=O) groups excluding carboxylic acids is 1. The Hall–Kier alpha value is -1.97. The van der Waals surface area contributed by atoms with Gasteiger partial charge in [0.25, 0.3) is 0 Å². The number of hydrogen-bond acceptors (Lipinski definition) is 2. The molecule has 3 aromatic rings. The molecular formula is C20H17Cl2NO2. The highest BCUT2D eigenvalue weighted by molar-refractivity contribution is 6.34. The normalized spacial score (nSPS) is 13.7. The van der Waals surface area contributed by atoms with Gasteiger partial charge < -0.3 is 9.72 Å². The van der Waals surface area contributed by atoms with Crippen molar-refractivity contribution in [2.75, 3.05) is 0 Å². The Morgan fingerprint density at radius 3 is 2.72 bits per heavy atom. The zero-order valence-electron chi connectivity index (χ0n) is 13.6. The van der Waals surface area contributed by atoms with Crippen molar-refractivity contribution in [2.24, 2.45) is 0 Å². The van der Waals surface area contributed by atoms with Crippen LogP contribution in [0.5, 0.6) is 0 Å². The van der Waals surface area contributed by atoms with E-state index in [9.17, 15) is 4.79 Å². The Labute approximate surface area is 155 Å². The van der Waals surface area contributed by atoms with E-state index >= 15 is 0 Å². The Morgan fingerprint density at radius 2 is 1.88 bits per heavy atom. The molecule has 4 rings (SSSR count). The number of H-pyrrole nitrogens is 1. The van der Waals surface area contributed by atoms with E-state index in [1.54, 1.807) is 12.1 Å². The topological polar surface area (TPSA) is 42.1 Å². The summed E-state index contributed by atoms with van der Waals surface area (Å²) in [6.07, 6.45) is 4.50. The number of ether oxygens (including phenoxy) is 1. The molecule has 1 aliphatic carbocycles. The number of fused-ring (bicyclic) bond motifs is 3. The number of carbonyl (C=O) groups is 1. The first kappa shape index (κ1) is 16.5. The Kier molecular flexibility index (Phi) is 4.45. The van der Waals surface area contributed by atoms with Crippen LogP contribution in [-0.4, -0.2) is 11.0 Å². The Morgan fingerprint density at radius 1 is 1.08 bits per heavy atom. The molecule has 2 aromatic carbocycles. The van der Waals surface area contributed by atoms with Crippen molar-refractivity contribution in [2.45, 2.75) is 32.3 Å². The molecule has 5 heteroatoms. The second-order valence-corrected chi connectivity index (χ2v) is 7.15. The molecule has 0 fully saturated rings. The van der Waals surface area contributed by atoms with Crippen LogP contribution in [0.15, 0.2) is 36.4 Å². The first-order chi connectivity index (χ1) is 12.1. The van der Waals surface area contributed by atoms with Crippen LogP contribution in [0.1, 0.15) is 40.0 Å². The van der Waals surface area contributed by atoms with Gasteiger partial charge in [-0.05, 0) is 49.4 Å². The molecule has 0 saturated heterocycles. The third-order valence-corrected chi connectivity index (χ3v) is 5.40. The number of hydrogen-bond donors (Lipinski definition) is 1. The maximum Gasteiger partial charge on any atom is 0.340 e. The molecular weight excluding hydrogens is 357 g/mol. The predicted molar refractivity (Wildman–Crippen MR) is 101 cm³/mol. The largest absolute Gasteiger partial charge is 0.457 e. The fourth-order valence-electron chi connectivity index (χ4n) is 3.42. The summed E-state index contributed by atoms with van der Waals surface area (Å²) in [6.45, 7) is 0.119. The molecule has 0 unspecified atom stereocenters. The van der Waals surface area contributed by atoms with Crippen LogP contribution < -0.4 is 0 Å². The van der Waals surface area contributed by atoms with Gasteiger partial charge in [-0.25, -0.2) is 4.79 Å². The van der Waals surface area contributed by atoms with Crippen LogP contribution in [0.4, 0.5) is 0 Å². The summed E-state index contributed by atoms with van der Waals surface area (Å²) >= 11 is 12.5. The van der Waals surface area contributed by atoms with Crippen molar-refractivity contribution in [3.05, 3.63) is 68.8 Å². The lowest BCUT2D eigenvalue weighted by molar-refractivity contribution is 0.0473. The van der Waals surface area contributed by atoms with Crippen LogP contribution in [-0.2, 0) is 24.2 Å². The van der Waals surface area contributed by atoms with E-state index in [2.05, 4.69) is 4.98 Å². The van der Waals surface area contributed by atoms with E-state index in [4.69, 9.17) is 27.9 Å². The van der Waals surface area contributed by atoms with E-state index in [-0.39, 0.29) is 6.61 Å². The quantitative estimate of drug-likeness (QED) is 0.597. The van der Waals surface area contributed by atoms with Crippen LogP contribution in [0, 0.1) is 0 Å². The van der Waals surface area contributed by atoms with Gasteiger partial charge in [-0.2, -0.15) is 0 Å². The molecule has 0 aliphatic heterocycles. The number of aromatic amines is 1. The molecule has 3 nitrogen and oxygen atoms in total. The molecule has 0 amide bonds. The predicted octanol–water partition coefficient (Wildman–Crippen LogP) is 5.71. The van der Waals surface area contributed by atoms with Crippen molar-refractivity contribution in [1.82, 2.24) is 4.98 Å². The summed E-state index contributed by atoms with van der Waals surface area (Å²) in [5.41, 5.74) is 4.68. The SMILES string of the molecule is O=C(OCc1ccccc1Cl)c1cc2[nH]c3c(c2cc1Cl)CCCC3. The van der Waals surface area contributed by atoms with Gasteiger partial charge in [0.15, 0.2) is 0 Å². The number of benzene rings is 2. The highest BCUT2D eigenvalue weighted by Gasteiger charge is 2.20. The first-order valence-corrected chi connectivity index (χ1v) is 9.12. The fraction of sp³-hybridized carbons (Fsp3) is 0.250. The second-order valence-electron chi connectivity index (χ2n) is 6.33. The van der Waals surface area contributed by atoms with Gasteiger partial charge in [0.2, 0.25) is 0 Å². The third-order valence-electron chi connectivity index (χ3n) is 4.72. The smallest absolute Gasteiger partial charge is 0.340 e. The van der Waals surface area contributed by atoms with Crippen LogP contribution >= 0.6 is 23.2 Å². The monoisotopic (exact) mass is 373 g/mol. The van der Waals surface area contributed by atoms with Gasteiger partial charge in [-0.3, -0.25) is 0 Å². The zero-order chi connectivity index (χ0) is 17.4. The lowest BCUT2D eigenvalue weighted by atomic mass is 9.95. The molecule has 0 saturated carbocycles. The summed E-state index contributed by atoms with van der Waals surface area (Å²) in [6, 6.07) is 11.0.